The van der Waals surface area contributed by atoms with Crippen LogP contribution in [-0.2, 0) is 15.9 Å². The van der Waals surface area contributed by atoms with Crippen LogP contribution in [0.25, 0.3) is 0 Å². The maximum atomic E-state index is 5.27. The van der Waals surface area contributed by atoms with Crippen LogP contribution in [0, 0.1) is 0 Å². The molecule has 0 fully saturated rings. The molecule has 114 valence electrons. The van der Waals surface area contributed by atoms with Gasteiger partial charge in [0.25, 0.3) is 0 Å². The second kappa shape index (κ2) is 8.71. The highest BCUT2D eigenvalue weighted by Crippen LogP contribution is 2.25. The molecule has 0 aliphatic rings. The predicted octanol–water partition coefficient (Wildman–Crippen LogP) is 1.57. The first-order chi connectivity index (χ1) is 9.69. The van der Waals surface area contributed by atoms with Gasteiger partial charge >= 0.3 is 0 Å². The van der Waals surface area contributed by atoms with Gasteiger partial charge in [-0.2, -0.15) is 0 Å². The van der Waals surface area contributed by atoms with E-state index in [4.69, 9.17) is 9.47 Å². The first-order valence-corrected chi connectivity index (χ1v) is 6.95. The van der Waals surface area contributed by atoms with E-state index in [1.807, 2.05) is 7.05 Å². The molecule has 6 heteroatoms. The van der Waals surface area contributed by atoms with Gasteiger partial charge in [-0.25, -0.2) is 9.97 Å². The monoisotopic (exact) mass is 282 g/mol. The van der Waals surface area contributed by atoms with Gasteiger partial charge in [0, 0.05) is 33.4 Å². The van der Waals surface area contributed by atoms with Crippen LogP contribution in [0.3, 0.4) is 0 Å². The standard InChI is InChI=1S/C14H26N4O2/c1-6-12-13(15-3)16-10-17-14(12)18(7-8-19-4)11(2)9-20-5/h10-11H,6-9H2,1-5H3,(H,15,16,17). The summed E-state index contributed by atoms with van der Waals surface area (Å²) in [5.74, 6) is 1.83. The van der Waals surface area contributed by atoms with Crippen molar-refractivity contribution in [1.29, 1.82) is 0 Å². The molecule has 0 bridgehead atoms. The molecule has 0 saturated heterocycles. The highest BCUT2D eigenvalue weighted by Gasteiger charge is 2.20. The second-order valence-electron chi connectivity index (χ2n) is 4.62. The van der Waals surface area contributed by atoms with Crippen molar-refractivity contribution in [3.8, 4) is 0 Å². The average molecular weight is 282 g/mol. The highest BCUT2D eigenvalue weighted by molar-refractivity contribution is 5.59. The summed E-state index contributed by atoms with van der Waals surface area (Å²) in [7, 11) is 5.30. The Morgan fingerprint density at radius 1 is 1.30 bits per heavy atom. The molecule has 0 aliphatic carbocycles. The molecule has 0 aliphatic heterocycles. The summed E-state index contributed by atoms with van der Waals surface area (Å²) in [6, 6.07) is 0.222. The van der Waals surface area contributed by atoms with Crippen molar-refractivity contribution < 1.29 is 9.47 Å². The normalized spacial score (nSPS) is 12.2. The Bertz CT molecular complexity index is 401. The summed E-state index contributed by atoms with van der Waals surface area (Å²) in [6.07, 6.45) is 2.47. The molecule has 1 heterocycles. The highest BCUT2D eigenvalue weighted by atomic mass is 16.5. The molecule has 0 spiro atoms. The number of nitrogens with zero attached hydrogens (tertiary/aromatic N) is 3. The zero-order valence-corrected chi connectivity index (χ0v) is 13.1. The summed E-state index contributed by atoms with van der Waals surface area (Å²) in [6.45, 7) is 6.30. The molecule has 20 heavy (non-hydrogen) atoms. The van der Waals surface area contributed by atoms with Gasteiger partial charge in [-0.3, -0.25) is 0 Å². The summed E-state index contributed by atoms with van der Waals surface area (Å²) in [5.41, 5.74) is 1.12. The molecule has 1 unspecified atom stereocenters. The van der Waals surface area contributed by atoms with Gasteiger partial charge < -0.3 is 19.7 Å². The van der Waals surface area contributed by atoms with Crippen molar-refractivity contribution >= 4 is 11.6 Å². The van der Waals surface area contributed by atoms with E-state index in [2.05, 4.69) is 34.0 Å². The lowest BCUT2D eigenvalue weighted by Gasteiger charge is -2.31. The molecule has 1 aromatic rings. The zero-order valence-electron chi connectivity index (χ0n) is 13.1. The number of hydrogen-bond donors (Lipinski definition) is 1. The fourth-order valence-corrected chi connectivity index (χ4v) is 2.25. The Morgan fingerprint density at radius 3 is 2.60 bits per heavy atom. The number of aromatic nitrogens is 2. The Kier molecular flexibility index (Phi) is 7.25. The lowest BCUT2D eigenvalue weighted by Crippen LogP contribution is -2.40. The quantitative estimate of drug-likeness (QED) is 0.742. The zero-order chi connectivity index (χ0) is 15.0. The van der Waals surface area contributed by atoms with Gasteiger partial charge in [0.15, 0.2) is 0 Å². The first kappa shape index (κ1) is 16.7. The minimum absolute atomic E-state index is 0.222. The predicted molar refractivity (Wildman–Crippen MR) is 81.5 cm³/mol. The molecule has 0 saturated carbocycles. The van der Waals surface area contributed by atoms with Crippen molar-refractivity contribution in [1.82, 2.24) is 9.97 Å². The van der Waals surface area contributed by atoms with Crippen LogP contribution >= 0.6 is 0 Å². The van der Waals surface area contributed by atoms with E-state index < -0.39 is 0 Å². The van der Waals surface area contributed by atoms with Gasteiger partial charge in [0.05, 0.1) is 19.3 Å². The van der Waals surface area contributed by atoms with Crippen molar-refractivity contribution in [2.24, 2.45) is 0 Å². The third kappa shape index (κ3) is 4.05. The van der Waals surface area contributed by atoms with E-state index in [1.165, 1.54) is 0 Å². The molecule has 1 rings (SSSR count). The Labute approximate surface area is 121 Å². The molecule has 1 atom stereocenters. The van der Waals surface area contributed by atoms with E-state index >= 15 is 0 Å². The maximum Gasteiger partial charge on any atom is 0.137 e. The minimum Gasteiger partial charge on any atom is -0.383 e. The fourth-order valence-electron chi connectivity index (χ4n) is 2.25. The average Bonchev–Trinajstić information content (AvgIpc) is 2.47. The van der Waals surface area contributed by atoms with Gasteiger partial charge in [0.1, 0.15) is 18.0 Å². The molecular formula is C14H26N4O2. The largest absolute Gasteiger partial charge is 0.383 e. The van der Waals surface area contributed by atoms with Crippen LogP contribution in [0.2, 0.25) is 0 Å². The lowest BCUT2D eigenvalue weighted by atomic mass is 10.1. The molecular weight excluding hydrogens is 256 g/mol. The summed E-state index contributed by atoms with van der Waals surface area (Å²) < 4.78 is 10.5. The van der Waals surface area contributed by atoms with Crippen LogP contribution in [0.1, 0.15) is 19.4 Å². The van der Waals surface area contributed by atoms with Gasteiger partial charge in [-0.15, -0.1) is 0 Å². The van der Waals surface area contributed by atoms with Crippen molar-refractivity contribution in [2.75, 3.05) is 51.2 Å². The number of nitrogens with one attached hydrogen (secondary N) is 1. The molecule has 0 amide bonds. The van der Waals surface area contributed by atoms with Crippen LogP contribution in [0.4, 0.5) is 11.6 Å². The lowest BCUT2D eigenvalue weighted by molar-refractivity contribution is 0.170. The van der Waals surface area contributed by atoms with Crippen molar-refractivity contribution in [3.05, 3.63) is 11.9 Å². The summed E-state index contributed by atoms with van der Waals surface area (Å²) in [5, 5.41) is 3.13. The van der Waals surface area contributed by atoms with Gasteiger partial charge in [-0.1, -0.05) is 6.92 Å². The van der Waals surface area contributed by atoms with E-state index in [1.54, 1.807) is 20.5 Å². The maximum absolute atomic E-state index is 5.27. The molecule has 6 nitrogen and oxygen atoms in total. The Balaban J connectivity index is 3.11. The van der Waals surface area contributed by atoms with Crippen molar-refractivity contribution in [2.45, 2.75) is 26.3 Å². The van der Waals surface area contributed by atoms with E-state index in [0.29, 0.717) is 13.2 Å². The third-order valence-electron chi connectivity index (χ3n) is 3.26. The number of methoxy groups -OCH3 is 2. The van der Waals surface area contributed by atoms with Crippen LogP contribution in [0.15, 0.2) is 6.33 Å². The van der Waals surface area contributed by atoms with Crippen LogP contribution in [-0.4, -0.2) is 57.0 Å². The molecule has 0 aromatic carbocycles. The van der Waals surface area contributed by atoms with Gasteiger partial charge in [0.2, 0.25) is 0 Å². The van der Waals surface area contributed by atoms with E-state index in [9.17, 15) is 0 Å². The summed E-state index contributed by atoms with van der Waals surface area (Å²) in [4.78, 5) is 11.0. The number of ether oxygens (including phenoxy) is 2. The molecule has 0 radical (unpaired) electrons. The second-order valence-corrected chi connectivity index (χ2v) is 4.62. The van der Waals surface area contributed by atoms with Crippen molar-refractivity contribution in [3.63, 3.8) is 0 Å². The van der Waals surface area contributed by atoms with E-state index in [-0.39, 0.29) is 6.04 Å². The van der Waals surface area contributed by atoms with Crippen LogP contribution < -0.4 is 10.2 Å². The Morgan fingerprint density at radius 2 is 2.05 bits per heavy atom. The SMILES string of the molecule is CCc1c(NC)ncnc1N(CCOC)C(C)COC. The fraction of sp³-hybridized carbons (Fsp3) is 0.714. The number of rotatable bonds is 9. The number of hydrogen-bond acceptors (Lipinski definition) is 6. The summed E-state index contributed by atoms with van der Waals surface area (Å²) >= 11 is 0. The number of anilines is 2. The topological polar surface area (TPSA) is 59.5 Å². The van der Waals surface area contributed by atoms with Crippen LogP contribution in [0.5, 0.6) is 0 Å². The first-order valence-electron chi connectivity index (χ1n) is 6.95. The smallest absolute Gasteiger partial charge is 0.137 e. The van der Waals surface area contributed by atoms with E-state index in [0.717, 1.165) is 30.2 Å². The molecule has 1 N–H and O–H groups in total. The Hall–Kier alpha value is -1.40. The molecule has 1 aromatic heterocycles. The van der Waals surface area contributed by atoms with Gasteiger partial charge in [-0.05, 0) is 13.3 Å². The third-order valence-corrected chi connectivity index (χ3v) is 3.26. The minimum atomic E-state index is 0.222.